The topological polar surface area (TPSA) is 65.1 Å². The molecule has 5 nitrogen and oxygen atoms in total. The molecule has 0 bridgehead atoms. The van der Waals surface area contributed by atoms with Crippen LogP contribution >= 0.6 is 0 Å². The van der Waals surface area contributed by atoms with Crippen LogP contribution in [0.4, 0.5) is 0 Å². The predicted molar refractivity (Wildman–Crippen MR) is 77.3 cm³/mol. The summed E-state index contributed by atoms with van der Waals surface area (Å²) in [6.07, 6.45) is 7.32. The van der Waals surface area contributed by atoms with Crippen molar-refractivity contribution < 1.29 is 0 Å². The zero-order valence-electron chi connectivity index (χ0n) is 11.1. The highest BCUT2D eigenvalue weighted by Crippen LogP contribution is 2.18. The summed E-state index contributed by atoms with van der Waals surface area (Å²) in [5.74, 6) is 0.903. The molecule has 1 aliphatic carbocycles. The molecule has 0 amide bonds. The molecule has 100 valence electrons. The van der Waals surface area contributed by atoms with E-state index in [4.69, 9.17) is 0 Å². The minimum atomic E-state index is 0.628. The third kappa shape index (κ3) is 2.86. The van der Waals surface area contributed by atoms with Crippen molar-refractivity contribution in [2.75, 3.05) is 13.6 Å². The van der Waals surface area contributed by atoms with Crippen LogP contribution in [0.2, 0.25) is 0 Å². The van der Waals surface area contributed by atoms with Gasteiger partial charge in [-0.25, -0.2) is 4.98 Å². The molecule has 0 saturated heterocycles. The number of rotatable bonds is 4. The molecule has 2 aromatic rings. The number of aromatic amines is 1. The van der Waals surface area contributed by atoms with E-state index >= 15 is 0 Å². The number of hydrogen-bond acceptors (Lipinski definition) is 2. The third-order valence-electron chi connectivity index (χ3n) is 3.37. The molecule has 3 rings (SSSR count). The van der Waals surface area contributed by atoms with Gasteiger partial charge in [-0.3, -0.25) is 4.99 Å². The van der Waals surface area contributed by atoms with E-state index in [0.717, 1.165) is 24.6 Å². The van der Waals surface area contributed by atoms with Crippen LogP contribution in [0.3, 0.4) is 0 Å². The van der Waals surface area contributed by atoms with E-state index in [9.17, 15) is 0 Å². The lowest BCUT2D eigenvalue weighted by Gasteiger charge is -2.10. The number of fused-ring (bicyclic) bond motifs is 1. The van der Waals surface area contributed by atoms with Gasteiger partial charge in [0.1, 0.15) is 5.65 Å². The Bertz CT molecular complexity index is 582. The van der Waals surface area contributed by atoms with Crippen molar-refractivity contribution in [3.63, 3.8) is 0 Å². The van der Waals surface area contributed by atoms with Crippen molar-refractivity contribution >= 4 is 17.0 Å². The van der Waals surface area contributed by atoms with Crippen molar-refractivity contribution in [3.8, 4) is 0 Å². The fraction of sp³-hybridized carbons (Fsp3) is 0.429. The molecular formula is C14H19N5. The molecule has 0 atom stereocenters. The molecule has 2 heterocycles. The van der Waals surface area contributed by atoms with Gasteiger partial charge in [0.15, 0.2) is 5.96 Å². The lowest BCUT2D eigenvalue weighted by Crippen LogP contribution is -2.39. The van der Waals surface area contributed by atoms with Gasteiger partial charge in [-0.2, -0.15) is 0 Å². The second kappa shape index (κ2) is 5.30. The lowest BCUT2D eigenvalue weighted by molar-refractivity contribution is 0.793. The molecule has 5 heteroatoms. The van der Waals surface area contributed by atoms with Crippen LogP contribution in [0.1, 0.15) is 18.4 Å². The minimum Gasteiger partial charge on any atom is -0.356 e. The van der Waals surface area contributed by atoms with Gasteiger partial charge in [0.2, 0.25) is 0 Å². The number of guanidine groups is 1. The normalized spacial score (nSPS) is 15.7. The fourth-order valence-corrected chi connectivity index (χ4v) is 2.15. The van der Waals surface area contributed by atoms with Gasteiger partial charge in [-0.05, 0) is 37.0 Å². The van der Waals surface area contributed by atoms with Gasteiger partial charge in [0.25, 0.3) is 0 Å². The quantitative estimate of drug-likeness (QED) is 0.573. The number of aromatic nitrogens is 2. The molecule has 1 aliphatic rings. The summed E-state index contributed by atoms with van der Waals surface area (Å²) in [5.41, 5.74) is 2.25. The van der Waals surface area contributed by atoms with Crippen molar-refractivity contribution in [3.05, 3.63) is 30.1 Å². The van der Waals surface area contributed by atoms with E-state index in [0.29, 0.717) is 6.04 Å². The molecule has 0 radical (unpaired) electrons. The van der Waals surface area contributed by atoms with Crippen LogP contribution in [0.25, 0.3) is 11.0 Å². The molecule has 2 aromatic heterocycles. The first-order chi connectivity index (χ1) is 9.36. The highest BCUT2D eigenvalue weighted by atomic mass is 15.2. The van der Waals surface area contributed by atoms with Crippen LogP contribution in [0.5, 0.6) is 0 Å². The summed E-state index contributed by atoms with van der Waals surface area (Å²) in [6.45, 7) is 0.869. The van der Waals surface area contributed by atoms with E-state index in [2.05, 4.69) is 31.7 Å². The van der Waals surface area contributed by atoms with Gasteiger partial charge in [0.05, 0.1) is 0 Å². The molecule has 0 spiro atoms. The SMILES string of the molecule is CN=C(NCCc1c[nH]c2ncccc12)NC1CC1. The molecule has 0 aliphatic heterocycles. The number of H-pyrrole nitrogens is 1. The van der Waals surface area contributed by atoms with Crippen molar-refractivity contribution in [1.29, 1.82) is 0 Å². The Morgan fingerprint density at radius 2 is 2.42 bits per heavy atom. The Morgan fingerprint density at radius 1 is 1.53 bits per heavy atom. The molecular weight excluding hydrogens is 238 g/mol. The zero-order valence-corrected chi connectivity index (χ0v) is 11.1. The first-order valence-corrected chi connectivity index (χ1v) is 6.75. The summed E-state index contributed by atoms with van der Waals surface area (Å²) in [6, 6.07) is 4.70. The summed E-state index contributed by atoms with van der Waals surface area (Å²) in [7, 11) is 1.81. The molecule has 19 heavy (non-hydrogen) atoms. The number of nitrogens with zero attached hydrogens (tertiary/aromatic N) is 2. The largest absolute Gasteiger partial charge is 0.356 e. The van der Waals surface area contributed by atoms with Gasteiger partial charge < -0.3 is 15.6 Å². The number of hydrogen-bond donors (Lipinski definition) is 3. The highest BCUT2D eigenvalue weighted by molar-refractivity contribution is 5.81. The maximum Gasteiger partial charge on any atom is 0.191 e. The maximum atomic E-state index is 4.30. The number of aliphatic imine (C=N–C) groups is 1. The van der Waals surface area contributed by atoms with E-state index in [1.165, 1.54) is 23.8 Å². The average molecular weight is 257 g/mol. The van der Waals surface area contributed by atoms with Gasteiger partial charge >= 0.3 is 0 Å². The van der Waals surface area contributed by atoms with Crippen LogP contribution in [-0.4, -0.2) is 35.6 Å². The van der Waals surface area contributed by atoms with E-state index in [-0.39, 0.29) is 0 Å². The van der Waals surface area contributed by atoms with E-state index in [1.54, 1.807) is 0 Å². The number of nitrogens with one attached hydrogen (secondary N) is 3. The Kier molecular flexibility index (Phi) is 3.35. The van der Waals surface area contributed by atoms with Crippen molar-refractivity contribution in [2.45, 2.75) is 25.3 Å². The zero-order chi connectivity index (χ0) is 13.1. The Morgan fingerprint density at radius 3 is 3.21 bits per heavy atom. The van der Waals surface area contributed by atoms with Gasteiger partial charge in [-0.1, -0.05) is 0 Å². The van der Waals surface area contributed by atoms with Crippen LogP contribution in [-0.2, 0) is 6.42 Å². The van der Waals surface area contributed by atoms with E-state index in [1.807, 2.05) is 25.5 Å². The summed E-state index contributed by atoms with van der Waals surface area (Å²) < 4.78 is 0. The van der Waals surface area contributed by atoms with Crippen LogP contribution in [0.15, 0.2) is 29.5 Å². The maximum absolute atomic E-state index is 4.30. The lowest BCUT2D eigenvalue weighted by atomic mass is 10.1. The first-order valence-electron chi connectivity index (χ1n) is 6.75. The highest BCUT2D eigenvalue weighted by Gasteiger charge is 2.21. The third-order valence-corrected chi connectivity index (χ3v) is 3.37. The van der Waals surface area contributed by atoms with Crippen LogP contribution < -0.4 is 10.6 Å². The van der Waals surface area contributed by atoms with E-state index < -0.39 is 0 Å². The van der Waals surface area contributed by atoms with Gasteiger partial charge in [0, 0.05) is 37.4 Å². The Labute approximate surface area is 112 Å². The first kappa shape index (κ1) is 12.0. The Hall–Kier alpha value is -2.04. The summed E-state index contributed by atoms with van der Waals surface area (Å²) in [4.78, 5) is 11.7. The van der Waals surface area contributed by atoms with Crippen molar-refractivity contribution in [2.24, 2.45) is 4.99 Å². The molecule has 0 aromatic carbocycles. The van der Waals surface area contributed by atoms with Gasteiger partial charge in [-0.15, -0.1) is 0 Å². The average Bonchev–Trinajstić information content (AvgIpc) is 3.17. The second-order valence-electron chi connectivity index (χ2n) is 4.88. The second-order valence-corrected chi connectivity index (χ2v) is 4.88. The molecule has 1 saturated carbocycles. The molecule has 1 fully saturated rings. The Balaban J connectivity index is 1.56. The molecule has 3 N–H and O–H groups in total. The monoisotopic (exact) mass is 257 g/mol. The smallest absolute Gasteiger partial charge is 0.191 e. The predicted octanol–water partition coefficient (Wildman–Crippen LogP) is 1.43. The molecule has 0 unspecified atom stereocenters. The van der Waals surface area contributed by atoms with Crippen molar-refractivity contribution in [1.82, 2.24) is 20.6 Å². The standard InChI is InChI=1S/C14H19N5/c1-15-14(19-11-4-5-11)17-8-6-10-9-18-13-12(10)3-2-7-16-13/h2-3,7,9,11H,4-6,8H2,1H3,(H,16,18)(H2,15,17,19). The summed E-state index contributed by atoms with van der Waals surface area (Å²) in [5, 5.41) is 7.93. The number of pyridine rings is 1. The minimum absolute atomic E-state index is 0.628. The van der Waals surface area contributed by atoms with Crippen LogP contribution in [0, 0.1) is 0 Å². The fourth-order valence-electron chi connectivity index (χ4n) is 2.15. The summed E-state index contributed by atoms with van der Waals surface area (Å²) >= 11 is 0.